The number of benzene rings is 2. The molecule has 1 aliphatic heterocycles. The lowest BCUT2D eigenvalue weighted by atomic mass is 9.85. The average molecular weight is 658 g/mol. The van der Waals surface area contributed by atoms with Crippen LogP contribution in [0.4, 0.5) is 4.39 Å². The van der Waals surface area contributed by atoms with Crippen LogP contribution in [0.5, 0.6) is 5.75 Å². The number of carbonyl (C=O) groups is 3. The summed E-state index contributed by atoms with van der Waals surface area (Å²) < 4.78 is 21.7. The molecule has 1 aliphatic rings. The number of carbonyl (C=O) groups excluding carboxylic acids is 3. The number of halogens is 1. The number of amides is 3. The summed E-state index contributed by atoms with van der Waals surface area (Å²) in [6.07, 6.45) is 5.61. The molecule has 2 aromatic carbocycles. The lowest BCUT2D eigenvalue weighted by molar-refractivity contribution is -0.141. The first-order valence-electron chi connectivity index (χ1n) is 16.3. The van der Waals surface area contributed by atoms with Crippen LogP contribution in [-0.4, -0.2) is 92.8 Å². The van der Waals surface area contributed by atoms with Gasteiger partial charge in [-0.2, -0.15) is 0 Å². The Bertz CT molecular complexity index is 1670. The Kier molecular flexibility index (Phi) is 10.7. The van der Waals surface area contributed by atoms with Crippen molar-refractivity contribution in [1.29, 1.82) is 0 Å². The van der Waals surface area contributed by atoms with Crippen molar-refractivity contribution in [2.45, 2.75) is 64.8 Å². The van der Waals surface area contributed by atoms with Gasteiger partial charge in [0.05, 0.1) is 18.6 Å². The van der Waals surface area contributed by atoms with Gasteiger partial charge in [0.25, 0.3) is 5.91 Å². The summed E-state index contributed by atoms with van der Waals surface area (Å²) in [5, 5.41) is 5.91. The van der Waals surface area contributed by atoms with Gasteiger partial charge < -0.3 is 25.2 Å². The second-order valence-electron chi connectivity index (χ2n) is 13.3. The Morgan fingerprint density at radius 2 is 1.81 bits per heavy atom. The van der Waals surface area contributed by atoms with E-state index in [0.29, 0.717) is 30.9 Å². The molecule has 4 aromatic rings. The number of ether oxygens (including phenoxy) is 1. The van der Waals surface area contributed by atoms with Crippen LogP contribution in [0.1, 0.15) is 50.2 Å². The molecule has 254 valence electrons. The predicted octanol–water partition coefficient (Wildman–Crippen LogP) is 3.74. The standard InChI is InChI=1S/C36H44FN7O4/c1-24(38-5)32(45)41-31(36(2,3)4)34(47)44-22-29(48-28-10-7-6-8-11-28)20-27(44)21-42(19-16-25-12-14-26(37)15-13-25)33(46)30-23-43-18-9-17-39-35(43)40-30/h6-15,17-18,23-24,27,29,31,38H,16,19-22H2,1-5H3,(H,41,45)/t24-,27-,29-,31+/m0/s1. The number of likely N-dealkylation sites (tertiary alicyclic amines) is 1. The van der Waals surface area contributed by atoms with Gasteiger partial charge in [-0.3, -0.25) is 18.8 Å². The Hall–Kier alpha value is -4.84. The number of nitrogens with one attached hydrogen (secondary N) is 2. The summed E-state index contributed by atoms with van der Waals surface area (Å²) >= 11 is 0. The van der Waals surface area contributed by atoms with Crippen molar-refractivity contribution in [3.63, 3.8) is 0 Å². The van der Waals surface area contributed by atoms with Gasteiger partial charge in [-0.05, 0) is 61.7 Å². The van der Waals surface area contributed by atoms with E-state index in [1.165, 1.54) is 12.1 Å². The van der Waals surface area contributed by atoms with E-state index >= 15 is 0 Å². The lowest BCUT2D eigenvalue weighted by Crippen LogP contribution is -2.59. The molecule has 2 N–H and O–H groups in total. The molecule has 4 atom stereocenters. The average Bonchev–Trinajstić information content (AvgIpc) is 3.69. The quantitative estimate of drug-likeness (QED) is 0.238. The molecular weight excluding hydrogens is 613 g/mol. The van der Waals surface area contributed by atoms with Crippen LogP contribution in [0.25, 0.3) is 5.78 Å². The van der Waals surface area contributed by atoms with Crippen LogP contribution < -0.4 is 15.4 Å². The second kappa shape index (κ2) is 14.9. The normalized spacial score (nSPS) is 17.6. The topological polar surface area (TPSA) is 121 Å². The second-order valence-corrected chi connectivity index (χ2v) is 13.3. The zero-order valence-corrected chi connectivity index (χ0v) is 28.1. The van der Waals surface area contributed by atoms with Crippen molar-refractivity contribution < 1.29 is 23.5 Å². The third-order valence-electron chi connectivity index (χ3n) is 8.69. The number of likely N-dealkylation sites (N-methyl/N-ethyl adjacent to an activating group) is 1. The highest BCUT2D eigenvalue weighted by Gasteiger charge is 2.44. The van der Waals surface area contributed by atoms with Crippen LogP contribution >= 0.6 is 0 Å². The third kappa shape index (κ3) is 8.35. The molecule has 0 aliphatic carbocycles. The molecule has 3 amide bonds. The molecule has 3 heterocycles. The molecule has 2 aromatic heterocycles. The number of hydrogen-bond acceptors (Lipinski definition) is 7. The number of hydrogen-bond donors (Lipinski definition) is 2. The summed E-state index contributed by atoms with van der Waals surface area (Å²) in [5.74, 6) is -0.0984. The third-order valence-corrected chi connectivity index (χ3v) is 8.69. The molecule has 0 spiro atoms. The van der Waals surface area contributed by atoms with Crippen molar-refractivity contribution in [1.82, 2.24) is 34.8 Å². The van der Waals surface area contributed by atoms with Crippen LogP contribution in [0, 0.1) is 11.2 Å². The van der Waals surface area contributed by atoms with Crippen molar-refractivity contribution in [2.24, 2.45) is 5.41 Å². The number of imidazole rings is 1. The molecule has 0 unspecified atom stereocenters. The molecule has 0 bridgehead atoms. The maximum absolute atomic E-state index is 14.5. The molecule has 0 radical (unpaired) electrons. The molecule has 1 saturated heterocycles. The maximum atomic E-state index is 14.5. The van der Waals surface area contributed by atoms with E-state index in [9.17, 15) is 18.8 Å². The number of para-hydroxylation sites is 1. The van der Waals surface area contributed by atoms with Crippen LogP contribution in [-0.2, 0) is 16.0 Å². The fourth-order valence-corrected chi connectivity index (χ4v) is 5.85. The Morgan fingerprint density at radius 1 is 1.08 bits per heavy atom. The fourth-order valence-electron chi connectivity index (χ4n) is 5.85. The lowest BCUT2D eigenvalue weighted by Gasteiger charge is -2.37. The molecule has 12 heteroatoms. The van der Waals surface area contributed by atoms with E-state index in [0.717, 1.165) is 5.56 Å². The molecule has 48 heavy (non-hydrogen) atoms. The first kappa shape index (κ1) is 34.5. The number of rotatable bonds is 12. The predicted molar refractivity (Wildman–Crippen MR) is 180 cm³/mol. The first-order valence-corrected chi connectivity index (χ1v) is 16.3. The number of aromatic nitrogens is 3. The fraction of sp³-hybridized carbons (Fsp3) is 0.417. The van der Waals surface area contributed by atoms with Gasteiger partial charge in [0, 0.05) is 38.1 Å². The van der Waals surface area contributed by atoms with E-state index in [1.54, 1.807) is 65.0 Å². The molecule has 5 rings (SSSR count). The van der Waals surface area contributed by atoms with Crippen molar-refractivity contribution in [3.8, 4) is 5.75 Å². The number of nitrogens with zero attached hydrogens (tertiary/aromatic N) is 5. The van der Waals surface area contributed by atoms with Crippen LogP contribution in [0.3, 0.4) is 0 Å². The van der Waals surface area contributed by atoms with Gasteiger partial charge >= 0.3 is 0 Å². The van der Waals surface area contributed by atoms with Crippen molar-refractivity contribution in [2.75, 3.05) is 26.7 Å². The summed E-state index contributed by atoms with van der Waals surface area (Å²) in [7, 11) is 1.69. The Balaban J connectivity index is 1.46. The van der Waals surface area contributed by atoms with E-state index < -0.39 is 23.5 Å². The van der Waals surface area contributed by atoms with Gasteiger partial charge in [0.1, 0.15) is 29.4 Å². The van der Waals surface area contributed by atoms with Crippen molar-refractivity contribution in [3.05, 3.63) is 96.3 Å². The first-order chi connectivity index (χ1) is 22.9. The maximum Gasteiger partial charge on any atom is 0.274 e. The minimum Gasteiger partial charge on any atom is -0.489 e. The highest BCUT2D eigenvalue weighted by atomic mass is 19.1. The minimum atomic E-state index is -0.827. The van der Waals surface area contributed by atoms with Gasteiger partial charge in [-0.15, -0.1) is 0 Å². The van der Waals surface area contributed by atoms with Crippen LogP contribution in [0.2, 0.25) is 0 Å². The highest BCUT2D eigenvalue weighted by molar-refractivity contribution is 5.93. The monoisotopic (exact) mass is 657 g/mol. The summed E-state index contributed by atoms with van der Waals surface area (Å²) in [4.78, 5) is 53.8. The zero-order valence-electron chi connectivity index (χ0n) is 28.1. The van der Waals surface area contributed by atoms with Gasteiger partial charge in [-0.1, -0.05) is 51.1 Å². The van der Waals surface area contributed by atoms with Gasteiger partial charge in [0.2, 0.25) is 17.6 Å². The largest absolute Gasteiger partial charge is 0.489 e. The minimum absolute atomic E-state index is 0.194. The smallest absolute Gasteiger partial charge is 0.274 e. The van der Waals surface area contributed by atoms with Crippen molar-refractivity contribution >= 4 is 23.5 Å². The zero-order chi connectivity index (χ0) is 34.4. The van der Waals surface area contributed by atoms with E-state index in [1.807, 2.05) is 51.1 Å². The van der Waals surface area contributed by atoms with E-state index in [4.69, 9.17) is 4.74 Å². The molecular formula is C36H44FN7O4. The molecule has 11 nitrogen and oxygen atoms in total. The summed E-state index contributed by atoms with van der Waals surface area (Å²) in [5.41, 5.74) is 0.483. The molecule has 1 fully saturated rings. The van der Waals surface area contributed by atoms with Gasteiger partial charge in [0.15, 0.2) is 0 Å². The molecule has 0 saturated carbocycles. The van der Waals surface area contributed by atoms with E-state index in [-0.39, 0.29) is 48.4 Å². The Morgan fingerprint density at radius 3 is 2.48 bits per heavy atom. The highest BCUT2D eigenvalue weighted by Crippen LogP contribution is 2.29. The van der Waals surface area contributed by atoms with Gasteiger partial charge in [-0.25, -0.2) is 14.4 Å². The van der Waals surface area contributed by atoms with Crippen LogP contribution in [0.15, 0.2) is 79.3 Å². The number of fused-ring (bicyclic) bond motifs is 1. The summed E-state index contributed by atoms with van der Waals surface area (Å²) in [6.45, 7) is 8.26. The SMILES string of the molecule is CN[C@@H](C)C(=O)N[C@H](C(=O)N1C[C@@H](Oc2ccccc2)C[C@H]1CN(CCc1ccc(F)cc1)C(=O)c1cn2cccnc2n1)C(C)(C)C. The Labute approximate surface area is 280 Å². The van der Waals surface area contributed by atoms with E-state index in [2.05, 4.69) is 20.6 Å². The summed E-state index contributed by atoms with van der Waals surface area (Å²) in [6, 6.07) is 15.6.